The van der Waals surface area contributed by atoms with E-state index in [2.05, 4.69) is 43.4 Å². The summed E-state index contributed by atoms with van der Waals surface area (Å²) in [7, 11) is 0. The molecular formula is C14H22N2. The van der Waals surface area contributed by atoms with Crippen LogP contribution < -0.4 is 11.1 Å². The number of hydrogen-bond acceptors (Lipinski definition) is 2. The number of nitrogens with one attached hydrogen (secondary N) is 1. The Morgan fingerprint density at radius 1 is 1.25 bits per heavy atom. The molecule has 0 aromatic heterocycles. The molecule has 2 heteroatoms. The maximum atomic E-state index is 5.79. The number of nitrogens with two attached hydrogens (primary N) is 1. The number of hydrogen-bond donors (Lipinski definition) is 2. The zero-order valence-corrected chi connectivity index (χ0v) is 10.5. The van der Waals surface area contributed by atoms with E-state index in [-0.39, 0.29) is 0 Å². The second-order valence-electron chi connectivity index (χ2n) is 4.22. The summed E-state index contributed by atoms with van der Waals surface area (Å²) in [4.78, 5) is 0. The van der Waals surface area contributed by atoms with Gasteiger partial charge in [-0.1, -0.05) is 30.7 Å². The van der Waals surface area contributed by atoms with Crippen molar-refractivity contribution in [1.82, 2.24) is 0 Å². The molecule has 0 atom stereocenters. The fraction of sp³-hybridized carbons (Fsp3) is 0.429. The number of benzene rings is 1. The summed E-state index contributed by atoms with van der Waals surface area (Å²) in [6.45, 7) is 7.23. The number of rotatable bonds is 5. The summed E-state index contributed by atoms with van der Waals surface area (Å²) in [5.41, 5.74) is 10.5. The maximum absolute atomic E-state index is 5.79. The molecule has 0 amide bonds. The highest BCUT2D eigenvalue weighted by molar-refractivity contribution is 5.52. The van der Waals surface area contributed by atoms with E-state index in [1.54, 1.807) is 0 Å². The average molecular weight is 218 g/mol. The lowest BCUT2D eigenvalue weighted by atomic mass is 10.0. The summed E-state index contributed by atoms with van der Waals surface area (Å²) >= 11 is 0. The zero-order valence-electron chi connectivity index (χ0n) is 10.5. The van der Waals surface area contributed by atoms with E-state index in [1.807, 2.05) is 6.92 Å². The van der Waals surface area contributed by atoms with Crippen molar-refractivity contribution in [1.29, 1.82) is 0 Å². The molecule has 0 spiro atoms. The molecule has 0 radical (unpaired) electrons. The highest BCUT2D eigenvalue weighted by Crippen LogP contribution is 2.19. The first kappa shape index (κ1) is 12.6. The van der Waals surface area contributed by atoms with Crippen LogP contribution in [-0.2, 0) is 6.42 Å². The lowest BCUT2D eigenvalue weighted by molar-refractivity contribution is 0.971. The summed E-state index contributed by atoms with van der Waals surface area (Å²) in [5, 5.41) is 3.44. The Morgan fingerprint density at radius 2 is 1.94 bits per heavy atom. The summed E-state index contributed by atoms with van der Waals surface area (Å²) < 4.78 is 0. The molecule has 16 heavy (non-hydrogen) atoms. The van der Waals surface area contributed by atoms with E-state index >= 15 is 0 Å². The maximum Gasteiger partial charge on any atom is 0.0376 e. The first-order chi connectivity index (χ1) is 7.65. The van der Waals surface area contributed by atoms with Crippen molar-refractivity contribution in [3.63, 3.8) is 0 Å². The fourth-order valence-corrected chi connectivity index (χ4v) is 1.53. The molecule has 3 N–H and O–H groups in total. The molecule has 1 aromatic carbocycles. The van der Waals surface area contributed by atoms with Crippen molar-refractivity contribution in [2.24, 2.45) is 5.73 Å². The van der Waals surface area contributed by atoms with Crippen LogP contribution in [0.3, 0.4) is 0 Å². The SMILES string of the molecule is CCCNc1ccccc1C/C(C)=C(/C)N. The summed E-state index contributed by atoms with van der Waals surface area (Å²) in [6.07, 6.45) is 2.06. The smallest absolute Gasteiger partial charge is 0.0376 e. The van der Waals surface area contributed by atoms with Crippen LogP contribution in [0.15, 0.2) is 35.5 Å². The predicted octanol–water partition coefficient (Wildman–Crippen LogP) is 3.30. The van der Waals surface area contributed by atoms with Gasteiger partial charge >= 0.3 is 0 Å². The van der Waals surface area contributed by atoms with Gasteiger partial charge < -0.3 is 11.1 Å². The van der Waals surface area contributed by atoms with Gasteiger partial charge in [-0.05, 0) is 38.3 Å². The van der Waals surface area contributed by atoms with Crippen molar-refractivity contribution in [2.75, 3.05) is 11.9 Å². The Kier molecular flexibility index (Phi) is 4.90. The van der Waals surface area contributed by atoms with Gasteiger partial charge in [-0.2, -0.15) is 0 Å². The van der Waals surface area contributed by atoms with Crippen molar-refractivity contribution >= 4 is 5.69 Å². The van der Waals surface area contributed by atoms with Gasteiger partial charge in [0.1, 0.15) is 0 Å². The Labute approximate surface area is 98.6 Å². The van der Waals surface area contributed by atoms with E-state index in [0.29, 0.717) is 0 Å². The Hall–Kier alpha value is -1.44. The first-order valence-corrected chi connectivity index (χ1v) is 5.88. The van der Waals surface area contributed by atoms with Gasteiger partial charge in [-0.15, -0.1) is 0 Å². The second kappa shape index (κ2) is 6.21. The molecule has 0 saturated carbocycles. The minimum atomic E-state index is 0.922. The summed E-state index contributed by atoms with van der Waals surface area (Å²) in [6, 6.07) is 8.43. The third-order valence-electron chi connectivity index (χ3n) is 2.71. The van der Waals surface area contributed by atoms with Gasteiger partial charge in [0.2, 0.25) is 0 Å². The average Bonchev–Trinajstić information content (AvgIpc) is 2.27. The molecule has 0 aliphatic heterocycles. The molecule has 0 heterocycles. The lowest BCUT2D eigenvalue weighted by Crippen LogP contribution is -2.05. The van der Waals surface area contributed by atoms with Crippen LogP contribution in [0.5, 0.6) is 0 Å². The molecular weight excluding hydrogens is 196 g/mol. The molecule has 0 aliphatic rings. The third kappa shape index (κ3) is 3.61. The van der Waals surface area contributed by atoms with Crippen LogP contribution >= 0.6 is 0 Å². The molecule has 0 unspecified atom stereocenters. The summed E-state index contributed by atoms with van der Waals surface area (Å²) in [5.74, 6) is 0. The van der Waals surface area contributed by atoms with Crippen LogP contribution in [0.1, 0.15) is 32.8 Å². The monoisotopic (exact) mass is 218 g/mol. The van der Waals surface area contributed by atoms with Crippen LogP contribution in [0.2, 0.25) is 0 Å². The Morgan fingerprint density at radius 3 is 2.56 bits per heavy atom. The van der Waals surface area contributed by atoms with Crippen molar-refractivity contribution in [3.8, 4) is 0 Å². The molecule has 0 bridgehead atoms. The quantitative estimate of drug-likeness (QED) is 0.795. The molecule has 88 valence electrons. The molecule has 0 saturated heterocycles. The molecule has 2 nitrogen and oxygen atoms in total. The Bertz CT molecular complexity index is 363. The number of para-hydroxylation sites is 1. The molecule has 0 fully saturated rings. The highest BCUT2D eigenvalue weighted by Gasteiger charge is 2.02. The second-order valence-corrected chi connectivity index (χ2v) is 4.22. The zero-order chi connectivity index (χ0) is 12.0. The third-order valence-corrected chi connectivity index (χ3v) is 2.71. The van der Waals surface area contributed by atoms with Crippen LogP contribution in [0, 0.1) is 0 Å². The van der Waals surface area contributed by atoms with Gasteiger partial charge in [0.05, 0.1) is 0 Å². The topological polar surface area (TPSA) is 38.0 Å². The van der Waals surface area contributed by atoms with Gasteiger partial charge in [0.15, 0.2) is 0 Å². The van der Waals surface area contributed by atoms with Gasteiger partial charge in [0, 0.05) is 17.9 Å². The minimum absolute atomic E-state index is 0.922. The Balaban J connectivity index is 2.82. The van der Waals surface area contributed by atoms with E-state index in [1.165, 1.54) is 16.8 Å². The molecule has 0 aliphatic carbocycles. The predicted molar refractivity (Wildman–Crippen MR) is 71.5 cm³/mol. The van der Waals surface area contributed by atoms with Gasteiger partial charge in [-0.3, -0.25) is 0 Å². The number of allylic oxidation sites excluding steroid dienone is 2. The van der Waals surface area contributed by atoms with E-state index in [4.69, 9.17) is 5.73 Å². The normalized spacial score (nSPS) is 12.2. The van der Waals surface area contributed by atoms with Gasteiger partial charge in [0.25, 0.3) is 0 Å². The van der Waals surface area contributed by atoms with Crippen molar-refractivity contribution in [3.05, 3.63) is 41.1 Å². The van der Waals surface area contributed by atoms with Crippen LogP contribution in [0.4, 0.5) is 5.69 Å². The van der Waals surface area contributed by atoms with E-state index in [9.17, 15) is 0 Å². The standard InChI is InChI=1S/C14H22N2/c1-4-9-16-14-8-6-5-7-13(14)10-11(2)12(3)15/h5-8,16H,4,9-10,15H2,1-3H3/b12-11-. The van der Waals surface area contributed by atoms with Crippen molar-refractivity contribution < 1.29 is 0 Å². The van der Waals surface area contributed by atoms with E-state index < -0.39 is 0 Å². The number of anilines is 1. The van der Waals surface area contributed by atoms with Gasteiger partial charge in [-0.25, -0.2) is 0 Å². The first-order valence-electron chi connectivity index (χ1n) is 5.88. The minimum Gasteiger partial charge on any atom is -0.402 e. The molecule has 1 rings (SSSR count). The highest BCUT2D eigenvalue weighted by atomic mass is 14.9. The van der Waals surface area contributed by atoms with E-state index in [0.717, 1.165) is 25.1 Å². The molecule has 1 aromatic rings. The fourth-order valence-electron chi connectivity index (χ4n) is 1.53. The van der Waals surface area contributed by atoms with Crippen molar-refractivity contribution in [2.45, 2.75) is 33.6 Å². The van der Waals surface area contributed by atoms with Crippen LogP contribution in [-0.4, -0.2) is 6.54 Å². The van der Waals surface area contributed by atoms with Crippen LogP contribution in [0.25, 0.3) is 0 Å². The largest absolute Gasteiger partial charge is 0.402 e. The lowest BCUT2D eigenvalue weighted by Gasteiger charge is -2.12.